The fraction of sp³-hybridized carbons (Fsp3) is 0.294. The van der Waals surface area contributed by atoms with E-state index >= 15 is 0 Å². The number of para-hydroxylation sites is 1. The number of nitrogens with one attached hydrogen (secondary N) is 2. The summed E-state index contributed by atoms with van der Waals surface area (Å²) in [5.41, 5.74) is 1.29. The van der Waals surface area contributed by atoms with Gasteiger partial charge >= 0.3 is 0 Å². The zero-order valence-electron chi connectivity index (χ0n) is 13.0. The number of piperidine rings is 1. The number of hydrogen-bond donors (Lipinski definition) is 2. The van der Waals surface area contributed by atoms with Crippen LogP contribution in [0.4, 0.5) is 0 Å². The summed E-state index contributed by atoms with van der Waals surface area (Å²) >= 11 is 0. The molecule has 1 aromatic carbocycles. The lowest BCUT2D eigenvalue weighted by molar-refractivity contribution is 0.0697. The van der Waals surface area contributed by atoms with E-state index in [0.29, 0.717) is 24.0 Å². The first-order chi connectivity index (χ1) is 11.7. The van der Waals surface area contributed by atoms with Crippen molar-refractivity contribution in [2.75, 3.05) is 13.1 Å². The van der Waals surface area contributed by atoms with E-state index in [9.17, 15) is 9.59 Å². The van der Waals surface area contributed by atoms with Crippen LogP contribution in [0.15, 0.2) is 41.3 Å². The summed E-state index contributed by atoms with van der Waals surface area (Å²) in [7, 11) is 0. The van der Waals surface area contributed by atoms with Crippen molar-refractivity contribution in [2.24, 2.45) is 0 Å². The lowest BCUT2D eigenvalue weighted by atomic mass is 9.94. The van der Waals surface area contributed by atoms with Gasteiger partial charge in [0.2, 0.25) is 5.43 Å². The zero-order chi connectivity index (χ0) is 16.5. The van der Waals surface area contributed by atoms with E-state index in [1.807, 2.05) is 12.1 Å². The number of rotatable bonds is 2. The Morgan fingerprint density at radius 1 is 1.21 bits per heavy atom. The van der Waals surface area contributed by atoms with Crippen molar-refractivity contribution in [3.05, 3.63) is 58.1 Å². The minimum absolute atomic E-state index is 0.0426. The minimum Gasteiger partial charge on any atom is -0.336 e. The molecule has 1 aliphatic rings. The standard InChI is InChI=1S/C17H17N5O2/c23-16-12-5-1-2-6-14(12)20-21-15(16)17(24)22-9-3-4-11(10-22)13-7-8-18-19-13/h1-2,5-8,11H,3-4,9-10H2,(H,18,19)(H,20,23). The highest BCUT2D eigenvalue weighted by atomic mass is 16.2. The SMILES string of the molecule is O=C(c1n[nH]c2ccccc2c1=O)N1CCCC(c2ccn[nH]2)C1. The lowest BCUT2D eigenvalue weighted by Crippen LogP contribution is -2.41. The molecule has 1 atom stereocenters. The number of hydrogen-bond acceptors (Lipinski definition) is 4. The maximum atomic E-state index is 12.8. The molecular weight excluding hydrogens is 306 g/mol. The highest BCUT2D eigenvalue weighted by Crippen LogP contribution is 2.25. The number of nitrogens with zero attached hydrogens (tertiary/aromatic N) is 3. The molecule has 1 unspecified atom stereocenters. The molecule has 0 bridgehead atoms. The molecule has 24 heavy (non-hydrogen) atoms. The molecule has 122 valence electrons. The van der Waals surface area contributed by atoms with Gasteiger partial charge in [0, 0.05) is 36.3 Å². The van der Waals surface area contributed by atoms with Crippen LogP contribution in [0.2, 0.25) is 0 Å². The number of likely N-dealkylation sites (tertiary alicyclic amines) is 1. The van der Waals surface area contributed by atoms with E-state index in [2.05, 4.69) is 20.4 Å². The summed E-state index contributed by atoms with van der Waals surface area (Å²) in [6.45, 7) is 1.20. The molecule has 1 amide bonds. The predicted octanol–water partition coefficient (Wildman–Crippen LogP) is 1.67. The van der Waals surface area contributed by atoms with Crippen molar-refractivity contribution in [1.82, 2.24) is 25.3 Å². The van der Waals surface area contributed by atoms with Crippen LogP contribution in [0.3, 0.4) is 0 Å². The molecule has 0 spiro atoms. The Balaban J connectivity index is 1.64. The van der Waals surface area contributed by atoms with Crippen molar-refractivity contribution >= 4 is 16.8 Å². The predicted molar refractivity (Wildman–Crippen MR) is 88.8 cm³/mol. The van der Waals surface area contributed by atoms with Crippen LogP contribution in [-0.2, 0) is 0 Å². The fourth-order valence-corrected chi connectivity index (χ4v) is 3.28. The monoisotopic (exact) mass is 323 g/mol. The molecule has 1 fully saturated rings. The summed E-state index contributed by atoms with van der Waals surface area (Å²) in [5, 5.41) is 14.3. The summed E-state index contributed by atoms with van der Waals surface area (Å²) in [6, 6.07) is 9.01. The third-order valence-corrected chi connectivity index (χ3v) is 4.55. The second-order valence-electron chi connectivity index (χ2n) is 6.05. The van der Waals surface area contributed by atoms with E-state index in [-0.39, 0.29) is 22.9 Å². The maximum absolute atomic E-state index is 12.8. The van der Waals surface area contributed by atoms with E-state index in [4.69, 9.17) is 0 Å². The number of carbonyl (C=O) groups is 1. The van der Waals surface area contributed by atoms with Crippen molar-refractivity contribution in [2.45, 2.75) is 18.8 Å². The number of aromatic nitrogens is 4. The molecule has 0 radical (unpaired) electrons. The number of fused-ring (bicyclic) bond motifs is 1. The second kappa shape index (κ2) is 5.92. The molecule has 7 nitrogen and oxygen atoms in total. The van der Waals surface area contributed by atoms with Crippen LogP contribution < -0.4 is 5.43 Å². The van der Waals surface area contributed by atoms with Crippen molar-refractivity contribution in [3.8, 4) is 0 Å². The topological polar surface area (TPSA) is 94.7 Å². The van der Waals surface area contributed by atoms with Gasteiger partial charge in [-0.3, -0.25) is 19.8 Å². The Morgan fingerprint density at radius 2 is 2.08 bits per heavy atom. The number of aromatic amines is 2. The van der Waals surface area contributed by atoms with Gasteiger partial charge in [0.25, 0.3) is 5.91 Å². The number of benzene rings is 1. The Labute approximate surface area is 137 Å². The fourth-order valence-electron chi connectivity index (χ4n) is 3.28. The highest BCUT2D eigenvalue weighted by molar-refractivity contribution is 5.95. The van der Waals surface area contributed by atoms with Gasteiger partial charge in [0.05, 0.1) is 5.52 Å². The van der Waals surface area contributed by atoms with Gasteiger partial charge in [0.1, 0.15) is 0 Å². The molecule has 3 aromatic rings. The van der Waals surface area contributed by atoms with Gasteiger partial charge < -0.3 is 4.90 Å². The third-order valence-electron chi connectivity index (χ3n) is 4.55. The molecular formula is C17H17N5O2. The Kier molecular flexibility index (Phi) is 3.60. The lowest BCUT2D eigenvalue weighted by Gasteiger charge is -2.31. The van der Waals surface area contributed by atoms with Gasteiger partial charge in [-0.25, -0.2) is 0 Å². The molecule has 2 N–H and O–H groups in total. The van der Waals surface area contributed by atoms with Gasteiger partial charge in [-0.05, 0) is 31.0 Å². The summed E-state index contributed by atoms with van der Waals surface area (Å²) in [4.78, 5) is 27.1. The van der Waals surface area contributed by atoms with Crippen LogP contribution in [0.25, 0.3) is 10.9 Å². The Morgan fingerprint density at radius 3 is 2.92 bits per heavy atom. The normalized spacial score (nSPS) is 18.0. The first-order valence-corrected chi connectivity index (χ1v) is 8.00. The van der Waals surface area contributed by atoms with Gasteiger partial charge in [-0.15, -0.1) is 0 Å². The molecule has 3 heterocycles. The maximum Gasteiger partial charge on any atom is 0.278 e. The number of H-pyrrole nitrogens is 2. The summed E-state index contributed by atoms with van der Waals surface area (Å²) in [5.74, 6) is -0.101. The largest absolute Gasteiger partial charge is 0.336 e. The molecule has 7 heteroatoms. The first kappa shape index (κ1) is 14.6. The Bertz CT molecular complexity index is 932. The van der Waals surface area contributed by atoms with Crippen molar-refractivity contribution in [3.63, 3.8) is 0 Å². The minimum atomic E-state index is -0.321. The highest BCUT2D eigenvalue weighted by Gasteiger charge is 2.28. The molecule has 4 rings (SSSR count). The van der Waals surface area contributed by atoms with E-state index < -0.39 is 0 Å². The van der Waals surface area contributed by atoms with Crippen LogP contribution in [0.5, 0.6) is 0 Å². The van der Waals surface area contributed by atoms with E-state index in [1.165, 1.54) is 0 Å². The van der Waals surface area contributed by atoms with Gasteiger partial charge in [-0.2, -0.15) is 10.2 Å². The van der Waals surface area contributed by atoms with Crippen LogP contribution in [-0.4, -0.2) is 44.3 Å². The second-order valence-corrected chi connectivity index (χ2v) is 6.05. The van der Waals surface area contributed by atoms with Crippen LogP contribution >= 0.6 is 0 Å². The average Bonchev–Trinajstić information content (AvgIpc) is 3.17. The van der Waals surface area contributed by atoms with E-state index in [1.54, 1.807) is 29.3 Å². The third kappa shape index (κ3) is 2.47. The zero-order valence-corrected chi connectivity index (χ0v) is 13.0. The van der Waals surface area contributed by atoms with Crippen LogP contribution in [0, 0.1) is 0 Å². The molecule has 0 aliphatic carbocycles. The number of carbonyl (C=O) groups excluding carboxylic acids is 1. The van der Waals surface area contributed by atoms with Crippen LogP contribution in [0.1, 0.15) is 34.9 Å². The van der Waals surface area contributed by atoms with E-state index in [0.717, 1.165) is 18.5 Å². The Hall–Kier alpha value is -2.96. The molecule has 0 saturated carbocycles. The first-order valence-electron chi connectivity index (χ1n) is 8.00. The summed E-state index contributed by atoms with van der Waals surface area (Å²) < 4.78 is 0. The molecule has 1 saturated heterocycles. The molecule has 2 aromatic heterocycles. The van der Waals surface area contributed by atoms with Crippen molar-refractivity contribution < 1.29 is 4.79 Å². The van der Waals surface area contributed by atoms with Gasteiger partial charge in [-0.1, -0.05) is 12.1 Å². The van der Waals surface area contributed by atoms with Gasteiger partial charge in [0.15, 0.2) is 5.69 Å². The smallest absolute Gasteiger partial charge is 0.278 e. The molecule has 1 aliphatic heterocycles. The number of amides is 1. The average molecular weight is 323 g/mol. The quantitative estimate of drug-likeness (QED) is 0.750. The summed E-state index contributed by atoms with van der Waals surface area (Å²) in [6.07, 6.45) is 3.60. The van der Waals surface area contributed by atoms with Crippen molar-refractivity contribution in [1.29, 1.82) is 0 Å².